The molecule has 72 valence electrons. The van der Waals surface area contributed by atoms with E-state index in [9.17, 15) is 12.8 Å². The number of primary sulfonamides is 1. The molecule has 0 unspecified atom stereocenters. The van der Waals surface area contributed by atoms with Crippen molar-refractivity contribution in [1.29, 1.82) is 0 Å². The minimum absolute atomic E-state index is 0.0853. The molecule has 0 aliphatic rings. The number of hydrogen-bond acceptors (Lipinski definition) is 2. The Bertz CT molecular complexity index is 444. The van der Waals surface area contributed by atoms with Crippen LogP contribution < -0.4 is 5.14 Å². The van der Waals surface area contributed by atoms with Gasteiger partial charge in [0.25, 0.3) is 0 Å². The lowest BCUT2D eigenvalue weighted by Gasteiger charge is -2.05. The van der Waals surface area contributed by atoms with Gasteiger partial charge in [0.15, 0.2) is 5.82 Å². The first kappa shape index (κ1) is 10.6. The van der Waals surface area contributed by atoms with Crippen molar-refractivity contribution in [3.63, 3.8) is 0 Å². The Labute approximate surface area is 83.9 Å². The highest BCUT2D eigenvalue weighted by molar-refractivity contribution is 9.10. The van der Waals surface area contributed by atoms with Crippen LogP contribution in [0.1, 0.15) is 5.56 Å². The molecule has 0 fully saturated rings. The lowest BCUT2D eigenvalue weighted by Crippen LogP contribution is -2.15. The van der Waals surface area contributed by atoms with Crippen molar-refractivity contribution in [2.75, 3.05) is 0 Å². The molecular formula is C7H7BrFNO2S. The fourth-order valence-corrected chi connectivity index (χ4v) is 2.32. The summed E-state index contributed by atoms with van der Waals surface area (Å²) in [4.78, 5) is -0.457. The molecule has 1 rings (SSSR count). The summed E-state index contributed by atoms with van der Waals surface area (Å²) >= 11 is 2.88. The Morgan fingerprint density at radius 3 is 2.38 bits per heavy atom. The Balaban J connectivity index is 3.62. The lowest BCUT2D eigenvalue weighted by atomic mass is 10.2. The largest absolute Gasteiger partial charge is 0.241 e. The summed E-state index contributed by atoms with van der Waals surface area (Å²) in [5.41, 5.74) is 0.295. The minimum atomic E-state index is -3.99. The van der Waals surface area contributed by atoms with Crippen molar-refractivity contribution in [2.45, 2.75) is 11.8 Å². The average molecular weight is 268 g/mol. The van der Waals surface area contributed by atoms with Crippen LogP contribution in [0.3, 0.4) is 0 Å². The molecular weight excluding hydrogens is 261 g/mol. The van der Waals surface area contributed by atoms with Gasteiger partial charge in [-0.2, -0.15) is 0 Å². The van der Waals surface area contributed by atoms with E-state index in [4.69, 9.17) is 5.14 Å². The third kappa shape index (κ3) is 2.07. The zero-order valence-corrected chi connectivity index (χ0v) is 9.12. The van der Waals surface area contributed by atoms with Crippen LogP contribution in [0.5, 0.6) is 0 Å². The molecule has 0 atom stereocenters. The lowest BCUT2D eigenvalue weighted by molar-refractivity contribution is 0.562. The van der Waals surface area contributed by atoms with Crippen molar-refractivity contribution in [3.05, 3.63) is 28.0 Å². The van der Waals surface area contributed by atoms with Crippen LogP contribution in [0.25, 0.3) is 0 Å². The van der Waals surface area contributed by atoms with Gasteiger partial charge < -0.3 is 0 Å². The maximum absolute atomic E-state index is 13.3. The van der Waals surface area contributed by atoms with Crippen LogP contribution in [0.2, 0.25) is 0 Å². The molecule has 0 aromatic heterocycles. The van der Waals surface area contributed by atoms with E-state index in [0.29, 0.717) is 5.56 Å². The van der Waals surface area contributed by atoms with E-state index in [1.165, 1.54) is 19.1 Å². The van der Waals surface area contributed by atoms with Gasteiger partial charge in [0.2, 0.25) is 10.0 Å². The molecule has 0 bridgehead atoms. The molecule has 6 heteroatoms. The summed E-state index contributed by atoms with van der Waals surface area (Å²) in [6.45, 7) is 1.48. The van der Waals surface area contributed by atoms with Gasteiger partial charge in [-0.3, -0.25) is 0 Å². The summed E-state index contributed by atoms with van der Waals surface area (Å²) in [5.74, 6) is -0.845. The quantitative estimate of drug-likeness (QED) is 0.839. The standard InChI is InChI=1S/C7H7BrFNO2S/c1-4-2-3-5(8)6(9)7(4)13(10,11)12/h2-3H,1H3,(H2,10,11,12). The van der Waals surface area contributed by atoms with Gasteiger partial charge in [0.1, 0.15) is 4.90 Å². The van der Waals surface area contributed by atoms with E-state index in [1.54, 1.807) is 0 Å². The highest BCUT2D eigenvalue weighted by Gasteiger charge is 2.19. The zero-order chi connectivity index (χ0) is 10.2. The fourth-order valence-electron chi connectivity index (χ4n) is 0.978. The first-order valence-corrected chi connectivity index (χ1v) is 5.65. The van der Waals surface area contributed by atoms with Gasteiger partial charge in [-0.1, -0.05) is 6.07 Å². The third-order valence-corrected chi connectivity index (χ3v) is 3.21. The molecule has 2 N–H and O–H groups in total. The van der Waals surface area contributed by atoms with Crippen LogP contribution in [0.15, 0.2) is 21.5 Å². The highest BCUT2D eigenvalue weighted by atomic mass is 79.9. The minimum Gasteiger partial charge on any atom is -0.225 e. The molecule has 1 aromatic carbocycles. The number of halogens is 2. The van der Waals surface area contributed by atoms with Crippen molar-refractivity contribution < 1.29 is 12.8 Å². The van der Waals surface area contributed by atoms with Gasteiger partial charge in [0.05, 0.1) is 4.47 Å². The Morgan fingerprint density at radius 1 is 1.46 bits per heavy atom. The average Bonchev–Trinajstić information content (AvgIpc) is 1.95. The van der Waals surface area contributed by atoms with E-state index < -0.39 is 20.7 Å². The van der Waals surface area contributed by atoms with Crippen molar-refractivity contribution in [3.8, 4) is 0 Å². The van der Waals surface area contributed by atoms with Crippen LogP contribution in [-0.2, 0) is 10.0 Å². The maximum atomic E-state index is 13.3. The highest BCUT2D eigenvalue weighted by Crippen LogP contribution is 2.24. The first-order chi connectivity index (χ1) is 5.84. The predicted octanol–water partition coefficient (Wildman–Crippen LogP) is 1.54. The molecule has 3 nitrogen and oxygen atoms in total. The number of sulfonamides is 1. The molecule has 0 amide bonds. The van der Waals surface area contributed by atoms with Crippen LogP contribution in [0.4, 0.5) is 4.39 Å². The molecule has 0 saturated carbocycles. The van der Waals surface area contributed by atoms with Crippen LogP contribution in [0, 0.1) is 12.7 Å². The summed E-state index contributed by atoms with van der Waals surface area (Å²) in [5, 5.41) is 4.84. The van der Waals surface area contributed by atoms with Gasteiger partial charge in [-0.05, 0) is 34.5 Å². The van der Waals surface area contributed by atoms with E-state index >= 15 is 0 Å². The molecule has 0 radical (unpaired) electrons. The Kier molecular flexibility index (Phi) is 2.74. The van der Waals surface area contributed by atoms with Crippen molar-refractivity contribution >= 4 is 26.0 Å². The summed E-state index contributed by atoms with van der Waals surface area (Å²) in [7, 11) is -3.99. The summed E-state index contributed by atoms with van der Waals surface area (Å²) in [6, 6.07) is 2.91. The van der Waals surface area contributed by atoms with Crippen LogP contribution >= 0.6 is 15.9 Å². The van der Waals surface area contributed by atoms with Gasteiger partial charge in [-0.25, -0.2) is 17.9 Å². The number of benzene rings is 1. The first-order valence-electron chi connectivity index (χ1n) is 3.31. The van der Waals surface area contributed by atoms with Gasteiger partial charge >= 0.3 is 0 Å². The molecule has 1 aromatic rings. The predicted molar refractivity (Wildman–Crippen MR) is 50.2 cm³/mol. The van der Waals surface area contributed by atoms with Crippen molar-refractivity contribution in [1.82, 2.24) is 0 Å². The molecule has 0 aliphatic carbocycles. The second-order valence-electron chi connectivity index (χ2n) is 2.55. The normalized spacial score (nSPS) is 11.7. The SMILES string of the molecule is Cc1ccc(Br)c(F)c1S(N)(=O)=O. The Hall–Kier alpha value is -0.460. The fraction of sp³-hybridized carbons (Fsp3) is 0.143. The second-order valence-corrected chi connectivity index (χ2v) is 4.91. The molecule has 0 aliphatic heterocycles. The van der Waals surface area contributed by atoms with E-state index in [2.05, 4.69) is 15.9 Å². The number of nitrogens with two attached hydrogens (primary N) is 1. The van der Waals surface area contributed by atoms with Crippen LogP contribution in [-0.4, -0.2) is 8.42 Å². The van der Waals surface area contributed by atoms with Gasteiger partial charge in [0, 0.05) is 0 Å². The molecule has 0 spiro atoms. The second kappa shape index (κ2) is 3.36. The number of aryl methyl sites for hydroxylation is 1. The zero-order valence-electron chi connectivity index (χ0n) is 6.71. The number of hydrogen-bond donors (Lipinski definition) is 1. The third-order valence-electron chi connectivity index (χ3n) is 1.53. The molecule has 0 saturated heterocycles. The Morgan fingerprint density at radius 2 is 2.00 bits per heavy atom. The maximum Gasteiger partial charge on any atom is 0.241 e. The summed E-state index contributed by atoms with van der Waals surface area (Å²) in [6.07, 6.45) is 0. The monoisotopic (exact) mass is 267 g/mol. The smallest absolute Gasteiger partial charge is 0.225 e. The van der Waals surface area contributed by atoms with E-state index in [1.807, 2.05) is 0 Å². The summed E-state index contributed by atoms with van der Waals surface area (Å²) < 4.78 is 35.2. The topological polar surface area (TPSA) is 60.2 Å². The number of rotatable bonds is 1. The molecule has 13 heavy (non-hydrogen) atoms. The van der Waals surface area contributed by atoms with Gasteiger partial charge in [-0.15, -0.1) is 0 Å². The molecule has 0 heterocycles. The van der Waals surface area contributed by atoms with Crippen molar-refractivity contribution in [2.24, 2.45) is 5.14 Å². The van der Waals surface area contributed by atoms with E-state index in [-0.39, 0.29) is 4.47 Å². The van der Waals surface area contributed by atoms with E-state index in [0.717, 1.165) is 0 Å².